The van der Waals surface area contributed by atoms with Gasteiger partial charge >= 0.3 is 5.97 Å². The van der Waals surface area contributed by atoms with E-state index in [-0.39, 0.29) is 5.13 Å². The van der Waals surface area contributed by atoms with E-state index < -0.39 is 34.6 Å². The summed E-state index contributed by atoms with van der Waals surface area (Å²) in [5, 5.41) is 17.6. The fourth-order valence-electron chi connectivity index (χ4n) is 1.26. The molecule has 0 radical (unpaired) electrons. The maximum atomic E-state index is 13.1. The van der Waals surface area contributed by atoms with Crippen LogP contribution in [0.1, 0.15) is 20.7 Å². The van der Waals surface area contributed by atoms with Gasteiger partial charge in [-0.05, 0) is 17.3 Å². The van der Waals surface area contributed by atoms with Gasteiger partial charge in [-0.25, -0.2) is 13.6 Å². The number of carbonyl (C=O) groups excluding carboxylic acids is 1. The van der Waals surface area contributed by atoms with Crippen LogP contribution in [0.25, 0.3) is 0 Å². The molecule has 1 aromatic heterocycles. The van der Waals surface area contributed by atoms with Crippen LogP contribution in [0.5, 0.6) is 0 Å². The molecule has 1 aromatic carbocycles. The van der Waals surface area contributed by atoms with Crippen LogP contribution in [0.3, 0.4) is 0 Å². The van der Waals surface area contributed by atoms with Crippen LogP contribution >= 0.6 is 11.5 Å². The van der Waals surface area contributed by atoms with Crippen molar-refractivity contribution in [1.29, 1.82) is 0 Å². The molecule has 2 rings (SSSR count). The Hall–Kier alpha value is -2.49. The molecule has 0 spiro atoms. The van der Waals surface area contributed by atoms with E-state index in [1.807, 2.05) is 0 Å². The highest BCUT2D eigenvalue weighted by atomic mass is 32.1. The first kappa shape index (κ1) is 13.0. The van der Waals surface area contributed by atoms with Gasteiger partial charge in [0.05, 0.1) is 11.1 Å². The molecule has 2 aromatic rings. The summed E-state index contributed by atoms with van der Waals surface area (Å²) < 4.78 is 29.4. The van der Waals surface area contributed by atoms with Gasteiger partial charge in [-0.3, -0.25) is 10.1 Å². The number of rotatable bonds is 3. The molecule has 19 heavy (non-hydrogen) atoms. The minimum Gasteiger partial charge on any atom is -0.478 e. The van der Waals surface area contributed by atoms with Gasteiger partial charge in [-0.1, -0.05) is 9.59 Å². The number of benzene rings is 1. The topological polar surface area (TPSA) is 105 Å². The summed E-state index contributed by atoms with van der Waals surface area (Å²) in [6, 6.07) is 0.938. The number of carboxylic acid groups (broad SMARTS) is 1. The first-order valence-corrected chi connectivity index (χ1v) is 5.45. The van der Waals surface area contributed by atoms with E-state index >= 15 is 0 Å². The third kappa shape index (κ3) is 2.68. The number of carbonyl (C=O) groups is 2. The number of carboxylic acids is 1. The lowest BCUT2D eigenvalue weighted by molar-refractivity contribution is 0.0691. The van der Waals surface area contributed by atoms with Gasteiger partial charge in [-0.15, -0.1) is 0 Å². The molecule has 0 aliphatic rings. The average molecular weight is 286 g/mol. The standard InChI is InChI=1S/C9H4F2N4O3S/c10-5-1-3(4(8(17)18)2-6(5)11)7(16)12-9-13-14-15-19-9/h1-2H,(H,17,18)(H,12,13,15,16). The Morgan fingerprint density at radius 2 is 1.84 bits per heavy atom. The minimum atomic E-state index is -1.56. The molecule has 10 heteroatoms. The van der Waals surface area contributed by atoms with Crippen LogP contribution in [0.4, 0.5) is 13.9 Å². The van der Waals surface area contributed by atoms with Crippen molar-refractivity contribution in [3.05, 3.63) is 34.9 Å². The smallest absolute Gasteiger partial charge is 0.336 e. The van der Waals surface area contributed by atoms with Crippen LogP contribution in [0, 0.1) is 11.6 Å². The summed E-state index contributed by atoms with van der Waals surface area (Å²) in [5.41, 5.74) is -1.18. The van der Waals surface area contributed by atoms with Crippen molar-refractivity contribution < 1.29 is 23.5 Å². The number of aromatic carboxylic acids is 1. The van der Waals surface area contributed by atoms with Crippen molar-refractivity contribution in [1.82, 2.24) is 14.8 Å². The highest BCUT2D eigenvalue weighted by Gasteiger charge is 2.21. The Kier molecular flexibility index (Phi) is 3.42. The zero-order chi connectivity index (χ0) is 14.0. The number of nitrogens with zero attached hydrogens (tertiary/aromatic N) is 3. The Bertz CT molecular complexity index is 647. The number of anilines is 1. The quantitative estimate of drug-likeness (QED) is 0.877. The lowest BCUT2D eigenvalue weighted by Gasteiger charge is -2.06. The monoisotopic (exact) mass is 286 g/mol. The summed E-state index contributed by atoms with van der Waals surface area (Å²) >= 11 is 0.748. The predicted octanol–water partition coefficient (Wildman–Crippen LogP) is 1.16. The summed E-state index contributed by atoms with van der Waals surface area (Å²) in [6.07, 6.45) is 0. The highest BCUT2D eigenvalue weighted by Crippen LogP contribution is 2.17. The Labute approximate surface area is 108 Å². The van der Waals surface area contributed by atoms with Gasteiger partial charge in [0.15, 0.2) is 11.6 Å². The maximum Gasteiger partial charge on any atom is 0.336 e. The van der Waals surface area contributed by atoms with Gasteiger partial charge in [0.1, 0.15) is 0 Å². The van der Waals surface area contributed by atoms with Gasteiger partial charge in [0.25, 0.3) is 5.91 Å². The molecule has 0 saturated carbocycles. The molecule has 0 saturated heterocycles. The molecule has 98 valence electrons. The zero-order valence-electron chi connectivity index (χ0n) is 8.92. The van der Waals surface area contributed by atoms with Gasteiger partial charge in [-0.2, -0.15) is 0 Å². The van der Waals surface area contributed by atoms with Crippen molar-refractivity contribution in [2.24, 2.45) is 0 Å². The fourth-order valence-corrected chi connectivity index (χ4v) is 1.62. The van der Waals surface area contributed by atoms with Gasteiger partial charge in [0, 0.05) is 11.5 Å². The summed E-state index contributed by atoms with van der Waals surface area (Å²) in [6.45, 7) is 0. The first-order valence-electron chi connectivity index (χ1n) is 4.67. The van der Waals surface area contributed by atoms with Crippen LogP contribution in [-0.2, 0) is 0 Å². The van der Waals surface area contributed by atoms with E-state index in [1.54, 1.807) is 0 Å². The second-order valence-corrected chi connectivity index (χ2v) is 3.97. The predicted molar refractivity (Wildman–Crippen MR) is 59.0 cm³/mol. The lowest BCUT2D eigenvalue weighted by atomic mass is 10.1. The molecule has 0 aliphatic heterocycles. The molecular formula is C9H4F2N4O3S. The van der Waals surface area contributed by atoms with Crippen molar-refractivity contribution in [3.8, 4) is 0 Å². The Morgan fingerprint density at radius 1 is 1.21 bits per heavy atom. The largest absolute Gasteiger partial charge is 0.478 e. The number of hydrogen-bond acceptors (Lipinski definition) is 6. The van der Waals surface area contributed by atoms with E-state index in [2.05, 4.69) is 20.1 Å². The van der Waals surface area contributed by atoms with E-state index in [1.165, 1.54) is 0 Å². The highest BCUT2D eigenvalue weighted by molar-refractivity contribution is 7.09. The van der Waals surface area contributed by atoms with Crippen molar-refractivity contribution in [2.45, 2.75) is 0 Å². The second-order valence-electron chi connectivity index (χ2n) is 3.24. The van der Waals surface area contributed by atoms with Gasteiger partial charge < -0.3 is 5.11 Å². The van der Waals surface area contributed by atoms with Gasteiger partial charge in [0.2, 0.25) is 5.13 Å². The molecule has 1 amide bonds. The molecule has 1 heterocycles. The number of nitrogens with one attached hydrogen (secondary N) is 1. The first-order chi connectivity index (χ1) is 8.99. The number of hydrogen-bond donors (Lipinski definition) is 2. The molecule has 0 fully saturated rings. The molecule has 0 bridgehead atoms. The summed E-state index contributed by atoms with van der Waals surface area (Å²) in [5.74, 6) is -5.19. The Balaban J connectivity index is 2.40. The number of halogens is 2. The molecule has 7 nitrogen and oxygen atoms in total. The number of amides is 1. The van der Waals surface area contributed by atoms with E-state index in [9.17, 15) is 18.4 Å². The van der Waals surface area contributed by atoms with Crippen LogP contribution < -0.4 is 5.32 Å². The van der Waals surface area contributed by atoms with Crippen LogP contribution in [-0.4, -0.2) is 31.8 Å². The van der Waals surface area contributed by atoms with E-state index in [4.69, 9.17) is 5.11 Å². The normalized spacial score (nSPS) is 10.2. The fraction of sp³-hybridized carbons (Fsp3) is 0. The van der Waals surface area contributed by atoms with Crippen molar-refractivity contribution >= 4 is 28.5 Å². The summed E-state index contributed by atoms with van der Waals surface area (Å²) in [4.78, 5) is 22.6. The van der Waals surface area contributed by atoms with Crippen LogP contribution in [0.2, 0.25) is 0 Å². The van der Waals surface area contributed by atoms with Crippen molar-refractivity contribution in [2.75, 3.05) is 5.32 Å². The zero-order valence-corrected chi connectivity index (χ0v) is 9.74. The van der Waals surface area contributed by atoms with E-state index in [0.717, 1.165) is 11.5 Å². The average Bonchev–Trinajstić information content (AvgIpc) is 2.84. The molecule has 0 atom stereocenters. The molecule has 2 N–H and O–H groups in total. The van der Waals surface area contributed by atoms with E-state index in [0.29, 0.717) is 12.1 Å². The maximum absolute atomic E-state index is 13.1. The number of aromatic nitrogens is 3. The molecule has 0 unspecified atom stereocenters. The second kappa shape index (κ2) is 5.02. The van der Waals surface area contributed by atoms with Crippen LogP contribution in [0.15, 0.2) is 12.1 Å². The molecular weight excluding hydrogens is 282 g/mol. The minimum absolute atomic E-state index is 0.00562. The SMILES string of the molecule is O=C(O)c1cc(F)c(F)cc1C(=O)Nc1nnns1. The summed E-state index contributed by atoms with van der Waals surface area (Å²) in [7, 11) is 0. The third-order valence-electron chi connectivity index (χ3n) is 2.06. The third-order valence-corrected chi connectivity index (χ3v) is 2.57. The molecule has 0 aliphatic carbocycles. The Morgan fingerprint density at radius 3 is 2.37 bits per heavy atom. The van der Waals surface area contributed by atoms with Crippen molar-refractivity contribution in [3.63, 3.8) is 0 Å². The lowest BCUT2D eigenvalue weighted by Crippen LogP contribution is -2.17.